The van der Waals surface area contributed by atoms with Crippen LogP contribution in [0.4, 0.5) is 0 Å². The molecule has 0 unspecified atom stereocenters. The van der Waals surface area contributed by atoms with Crippen LogP contribution in [-0.4, -0.2) is 0 Å². The number of pyridine rings is 1. The summed E-state index contributed by atoms with van der Waals surface area (Å²) in [4.78, 5) is 0. The summed E-state index contributed by atoms with van der Waals surface area (Å²) in [6.07, 6.45) is 13.6. The van der Waals surface area contributed by atoms with Crippen LogP contribution < -0.4 is 4.57 Å². The Balaban J connectivity index is 1.95. The van der Waals surface area contributed by atoms with Crippen LogP contribution in [-0.2, 0) is 13.0 Å². The predicted molar refractivity (Wildman–Crippen MR) is 60.1 cm³/mol. The van der Waals surface area contributed by atoms with E-state index in [4.69, 9.17) is 0 Å². The van der Waals surface area contributed by atoms with Crippen molar-refractivity contribution in [3.8, 4) is 0 Å². The summed E-state index contributed by atoms with van der Waals surface area (Å²) < 4.78 is 2.40. The normalized spacial score (nSPS) is 19.7. The van der Waals surface area contributed by atoms with E-state index in [0.717, 1.165) is 19.4 Å². The molecule has 1 aliphatic heterocycles. The molecule has 0 saturated heterocycles. The largest absolute Gasteiger partial charge is 0.210 e. The van der Waals surface area contributed by atoms with Crippen LogP contribution >= 0.6 is 0 Å². The SMILES string of the molecule is C1=CC2=C(C1)c1cc3c(c[n+]1C2)CC=C3. The summed E-state index contributed by atoms with van der Waals surface area (Å²) in [6, 6.07) is 2.36. The third kappa shape index (κ3) is 0.904. The first-order chi connectivity index (χ1) is 7.42. The highest BCUT2D eigenvalue weighted by molar-refractivity contribution is 5.74. The Labute approximate surface area is 89.1 Å². The van der Waals surface area contributed by atoms with Crippen molar-refractivity contribution in [2.45, 2.75) is 19.4 Å². The van der Waals surface area contributed by atoms with Gasteiger partial charge in [-0.2, -0.15) is 4.57 Å². The van der Waals surface area contributed by atoms with Gasteiger partial charge in [0.15, 0.2) is 12.7 Å². The lowest BCUT2D eigenvalue weighted by molar-refractivity contribution is -0.686. The van der Waals surface area contributed by atoms with E-state index in [1.807, 2.05) is 0 Å². The van der Waals surface area contributed by atoms with Crippen molar-refractivity contribution in [3.63, 3.8) is 0 Å². The first-order valence-electron chi connectivity index (χ1n) is 5.54. The quantitative estimate of drug-likeness (QED) is 0.558. The molecular weight excluding hydrogens is 182 g/mol. The summed E-state index contributed by atoms with van der Waals surface area (Å²) >= 11 is 0. The maximum Gasteiger partial charge on any atom is 0.210 e. The van der Waals surface area contributed by atoms with E-state index in [9.17, 15) is 0 Å². The molecule has 3 aliphatic rings. The Morgan fingerprint density at radius 3 is 3.00 bits per heavy atom. The summed E-state index contributed by atoms with van der Waals surface area (Å²) in [5.74, 6) is 0. The van der Waals surface area contributed by atoms with Gasteiger partial charge in [0.2, 0.25) is 5.69 Å². The zero-order chi connectivity index (χ0) is 9.83. The molecule has 0 atom stereocenters. The van der Waals surface area contributed by atoms with Crippen LogP contribution in [0.2, 0.25) is 0 Å². The van der Waals surface area contributed by atoms with Crippen molar-refractivity contribution in [3.05, 3.63) is 52.9 Å². The molecular formula is C14H12N+. The summed E-state index contributed by atoms with van der Waals surface area (Å²) in [5.41, 5.74) is 7.38. The molecule has 1 nitrogen and oxygen atoms in total. The molecule has 1 aromatic rings. The Hall–Kier alpha value is -1.63. The van der Waals surface area contributed by atoms with Gasteiger partial charge in [0, 0.05) is 22.8 Å². The van der Waals surface area contributed by atoms with Crippen LogP contribution in [0.3, 0.4) is 0 Å². The second-order valence-electron chi connectivity index (χ2n) is 4.48. The van der Waals surface area contributed by atoms with E-state index >= 15 is 0 Å². The van der Waals surface area contributed by atoms with Gasteiger partial charge in [0.1, 0.15) is 0 Å². The minimum absolute atomic E-state index is 1.08. The lowest BCUT2D eigenvalue weighted by Gasteiger charge is -2.01. The average Bonchev–Trinajstić information content (AvgIpc) is 2.86. The van der Waals surface area contributed by atoms with Gasteiger partial charge in [0.05, 0.1) is 0 Å². The van der Waals surface area contributed by atoms with Crippen molar-refractivity contribution >= 4 is 11.6 Å². The first-order valence-corrected chi connectivity index (χ1v) is 5.54. The van der Waals surface area contributed by atoms with Crippen molar-refractivity contribution in [1.29, 1.82) is 0 Å². The number of fused-ring (bicyclic) bond motifs is 3. The molecule has 0 aromatic carbocycles. The van der Waals surface area contributed by atoms with Crippen LogP contribution in [0.5, 0.6) is 0 Å². The predicted octanol–water partition coefficient (Wildman–Crippen LogP) is 2.27. The lowest BCUT2D eigenvalue weighted by Crippen LogP contribution is -2.35. The number of hydrogen-bond donors (Lipinski definition) is 0. The van der Waals surface area contributed by atoms with Gasteiger partial charge in [-0.05, 0) is 18.4 Å². The van der Waals surface area contributed by atoms with E-state index in [0.29, 0.717) is 0 Å². The highest BCUT2D eigenvalue weighted by atomic mass is 15.0. The molecule has 0 radical (unpaired) electrons. The number of aromatic nitrogens is 1. The fourth-order valence-corrected chi connectivity index (χ4v) is 2.84. The molecule has 0 amide bonds. The van der Waals surface area contributed by atoms with Gasteiger partial charge in [-0.15, -0.1) is 0 Å². The van der Waals surface area contributed by atoms with Crippen LogP contribution in [0.25, 0.3) is 11.6 Å². The zero-order valence-corrected chi connectivity index (χ0v) is 8.53. The fraction of sp³-hybridized carbons (Fsp3) is 0.214. The molecule has 1 aromatic heterocycles. The van der Waals surface area contributed by atoms with Crippen LogP contribution in [0.15, 0.2) is 36.1 Å². The number of nitrogens with zero attached hydrogens (tertiary/aromatic N) is 1. The number of hydrogen-bond acceptors (Lipinski definition) is 0. The van der Waals surface area contributed by atoms with Gasteiger partial charge < -0.3 is 0 Å². The third-order valence-corrected chi connectivity index (χ3v) is 3.60. The van der Waals surface area contributed by atoms with E-state index in [1.165, 1.54) is 28.0 Å². The third-order valence-electron chi connectivity index (χ3n) is 3.60. The smallest absolute Gasteiger partial charge is 0.194 e. The Bertz CT molecular complexity index is 559. The standard InChI is InChI=1S/C14H12N/c1-3-10-7-14-13-6-2-5-12(13)9-15(14)8-11(10)4-1/h1-3,5,7-8H,4,6,9H2/q+1. The first kappa shape index (κ1) is 7.63. The molecule has 1 heteroatoms. The summed E-state index contributed by atoms with van der Waals surface area (Å²) in [6.45, 7) is 1.08. The van der Waals surface area contributed by atoms with Gasteiger partial charge in [-0.3, -0.25) is 0 Å². The van der Waals surface area contributed by atoms with Gasteiger partial charge in [-0.1, -0.05) is 24.3 Å². The number of allylic oxidation sites excluding steroid dienone is 5. The second kappa shape index (κ2) is 2.48. The topological polar surface area (TPSA) is 3.88 Å². The highest BCUT2D eigenvalue weighted by Crippen LogP contribution is 2.33. The van der Waals surface area contributed by atoms with Crippen LogP contribution in [0.1, 0.15) is 23.2 Å². The second-order valence-corrected chi connectivity index (χ2v) is 4.48. The minimum atomic E-state index is 1.08. The van der Waals surface area contributed by atoms with Crippen molar-refractivity contribution in [1.82, 2.24) is 0 Å². The molecule has 15 heavy (non-hydrogen) atoms. The van der Waals surface area contributed by atoms with Crippen molar-refractivity contribution in [2.24, 2.45) is 0 Å². The average molecular weight is 194 g/mol. The van der Waals surface area contributed by atoms with Gasteiger partial charge in [-0.25, -0.2) is 0 Å². The maximum absolute atomic E-state index is 2.40. The monoisotopic (exact) mass is 194 g/mol. The fourth-order valence-electron chi connectivity index (χ4n) is 2.84. The van der Waals surface area contributed by atoms with E-state index in [-0.39, 0.29) is 0 Å². The molecule has 2 heterocycles. The Kier molecular flexibility index (Phi) is 1.26. The molecule has 0 fully saturated rings. The summed E-state index contributed by atoms with van der Waals surface area (Å²) in [5, 5.41) is 0. The van der Waals surface area contributed by atoms with Gasteiger partial charge in [0.25, 0.3) is 0 Å². The van der Waals surface area contributed by atoms with Gasteiger partial charge >= 0.3 is 0 Å². The highest BCUT2D eigenvalue weighted by Gasteiger charge is 2.30. The lowest BCUT2D eigenvalue weighted by atomic mass is 10.1. The Morgan fingerprint density at radius 1 is 1.07 bits per heavy atom. The Morgan fingerprint density at radius 2 is 2.00 bits per heavy atom. The molecule has 0 saturated carbocycles. The maximum atomic E-state index is 2.40. The van der Waals surface area contributed by atoms with Crippen molar-refractivity contribution < 1.29 is 4.57 Å². The van der Waals surface area contributed by atoms with Crippen LogP contribution in [0, 0.1) is 0 Å². The molecule has 2 aliphatic carbocycles. The van der Waals surface area contributed by atoms with Crippen molar-refractivity contribution in [2.75, 3.05) is 0 Å². The molecule has 72 valence electrons. The zero-order valence-electron chi connectivity index (χ0n) is 8.53. The summed E-state index contributed by atoms with van der Waals surface area (Å²) in [7, 11) is 0. The molecule has 0 bridgehead atoms. The minimum Gasteiger partial charge on any atom is -0.194 e. The van der Waals surface area contributed by atoms with E-state index < -0.39 is 0 Å². The molecule has 0 spiro atoms. The van der Waals surface area contributed by atoms with E-state index in [1.54, 1.807) is 0 Å². The molecule has 0 N–H and O–H groups in total. The number of rotatable bonds is 0. The molecule has 4 rings (SSSR count). The van der Waals surface area contributed by atoms with E-state index in [2.05, 4.69) is 41.1 Å².